The first kappa shape index (κ1) is 9.17. The van der Waals surface area contributed by atoms with Crippen molar-refractivity contribution in [3.63, 3.8) is 0 Å². The molecule has 0 spiro atoms. The predicted molar refractivity (Wildman–Crippen MR) is 51.3 cm³/mol. The first-order chi connectivity index (χ1) is 6.50. The van der Waals surface area contributed by atoms with E-state index in [9.17, 15) is 8.42 Å². The lowest BCUT2D eigenvalue weighted by Gasteiger charge is -1.94. The fraction of sp³-hybridized carbons (Fsp3) is 0.125. The van der Waals surface area contributed by atoms with Gasteiger partial charge in [0.15, 0.2) is 5.03 Å². The van der Waals surface area contributed by atoms with Gasteiger partial charge in [-0.05, 0) is 19.1 Å². The Morgan fingerprint density at radius 3 is 2.79 bits per heavy atom. The molecule has 0 aliphatic rings. The maximum Gasteiger partial charge on any atom is 0.257 e. The molecule has 5 nitrogen and oxygen atoms in total. The number of nitrogens with two attached hydrogens (primary N) is 1. The highest BCUT2D eigenvalue weighted by molar-refractivity contribution is 7.89. The number of hydrogen-bond acceptors (Lipinski definition) is 3. The van der Waals surface area contributed by atoms with Crippen LogP contribution in [0.4, 0.5) is 0 Å². The Hall–Kier alpha value is -1.40. The van der Waals surface area contributed by atoms with E-state index in [1.165, 1.54) is 0 Å². The number of aryl methyl sites for hydroxylation is 1. The average molecular weight is 211 g/mol. The fourth-order valence-electron chi connectivity index (χ4n) is 1.37. The molecule has 0 amide bonds. The van der Waals surface area contributed by atoms with E-state index in [1.807, 2.05) is 0 Å². The van der Waals surface area contributed by atoms with Crippen molar-refractivity contribution in [3.8, 4) is 0 Å². The van der Waals surface area contributed by atoms with Crippen LogP contribution in [0.25, 0.3) is 5.52 Å². The molecule has 2 N–H and O–H groups in total. The number of pyridine rings is 1. The molecule has 14 heavy (non-hydrogen) atoms. The van der Waals surface area contributed by atoms with Crippen LogP contribution >= 0.6 is 0 Å². The number of sulfonamides is 1. The Morgan fingerprint density at radius 1 is 1.43 bits per heavy atom. The molecule has 0 radical (unpaired) electrons. The molecule has 0 saturated heterocycles. The number of fused-ring (bicyclic) bond motifs is 1. The quantitative estimate of drug-likeness (QED) is 0.736. The average Bonchev–Trinajstić information content (AvgIpc) is 2.44. The Balaban J connectivity index is 2.93. The van der Waals surface area contributed by atoms with Crippen molar-refractivity contribution in [2.24, 2.45) is 5.14 Å². The number of primary sulfonamides is 1. The molecule has 0 saturated carbocycles. The van der Waals surface area contributed by atoms with E-state index in [-0.39, 0.29) is 5.03 Å². The second-order valence-electron chi connectivity index (χ2n) is 2.97. The van der Waals surface area contributed by atoms with Crippen LogP contribution in [-0.2, 0) is 10.0 Å². The summed E-state index contributed by atoms with van der Waals surface area (Å²) in [4.78, 5) is 3.91. The minimum absolute atomic E-state index is 0.0735. The first-order valence-corrected chi connectivity index (χ1v) is 5.51. The van der Waals surface area contributed by atoms with Gasteiger partial charge in [-0.25, -0.2) is 18.5 Å². The molecule has 2 aromatic heterocycles. The summed E-state index contributed by atoms with van der Waals surface area (Å²) < 4.78 is 24.0. The Morgan fingerprint density at radius 2 is 2.14 bits per heavy atom. The lowest BCUT2D eigenvalue weighted by atomic mass is 10.4. The van der Waals surface area contributed by atoms with Gasteiger partial charge in [0, 0.05) is 6.20 Å². The van der Waals surface area contributed by atoms with Gasteiger partial charge >= 0.3 is 0 Å². The van der Waals surface area contributed by atoms with Gasteiger partial charge in [-0.1, -0.05) is 6.07 Å². The van der Waals surface area contributed by atoms with Gasteiger partial charge in [0.2, 0.25) is 0 Å². The lowest BCUT2D eigenvalue weighted by Crippen LogP contribution is -2.12. The zero-order valence-corrected chi connectivity index (χ0v) is 8.32. The van der Waals surface area contributed by atoms with E-state index in [2.05, 4.69) is 4.98 Å². The van der Waals surface area contributed by atoms with Crippen LogP contribution in [0.15, 0.2) is 29.4 Å². The molecule has 0 fully saturated rings. The summed E-state index contributed by atoms with van der Waals surface area (Å²) in [5.74, 6) is 0.602. The number of nitrogens with zero attached hydrogens (tertiary/aromatic N) is 2. The highest BCUT2D eigenvalue weighted by atomic mass is 32.2. The third-order valence-corrected chi connectivity index (χ3v) is 2.80. The molecule has 0 bridgehead atoms. The van der Waals surface area contributed by atoms with Gasteiger partial charge in [-0.15, -0.1) is 0 Å². The van der Waals surface area contributed by atoms with Gasteiger partial charge < -0.3 is 4.40 Å². The van der Waals surface area contributed by atoms with E-state index < -0.39 is 10.0 Å². The Kier molecular flexibility index (Phi) is 1.83. The number of hydrogen-bond donors (Lipinski definition) is 1. The second-order valence-corrected chi connectivity index (χ2v) is 4.44. The normalized spacial score (nSPS) is 12.1. The van der Waals surface area contributed by atoms with Crippen LogP contribution in [0.2, 0.25) is 0 Å². The summed E-state index contributed by atoms with van der Waals surface area (Å²) in [7, 11) is -3.74. The largest absolute Gasteiger partial charge is 0.303 e. The Labute approximate surface area is 81.2 Å². The molecule has 0 aromatic carbocycles. The topological polar surface area (TPSA) is 77.5 Å². The highest BCUT2D eigenvalue weighted by Crippen LogP contribution is 2.15. The minimum atomic E-state index is -3.74. The summed E-state index contributed by atoms with van der Waals surface area (Å²) >= 11 is 0. The number of aromatic nitrogens is 2. The zero-order valence-electron chi connectivity index (χ0n) is 7.51. The van der Waals surface area contributed by atoms with E-state index in [0.717, 1.165) is 0 Å². The van der Waals surface area contributed by atoms with Crippen molar-refractivity contribution in [2.45, 2.75) is 11.9 Å². The van der Waals surface area contributed by atoms with Gasteiger partial charge in [0.1, 0.15) is 5.82 Å². The molecule has 6 heteroatoms. The van der Waals surface area contributed by atoms with E-state index >= 15 is 0 Å². The van der Waals surface area contributed by atoms with Crippen LogP contribution < -0.4 is 5.14 Å². The highest BCUT2D eigenvalue weighted by Gasteiger charge is 2.17. The fourth-order valence-corrected chi connectivity index (χ4v) is 2.08. The zero-order chi connectivity index (χ0) is 10.3. The van der Waals surface area contributed by atoms with Crippen molar-refractivity contribution in [1.29, 1.82) is 0 Å². The molecule has 0 aliphatic heterocycles. The molecule has 2 rings (SSSR count). The molecule has 74 valence electrons. The van der Waals surface area contributed by atoms with E-state index in [4.69, 9.17) is 5.14 Å². The summed E-state index contributed by atoms with van der Waals surface area (Å²) in [6.45, 7) is 1.72. The molecule has 0 aliphatic carbocycles. The molecular weight excluding hydrogens is 202 g/mol. The molecule has 2 heterocycles. The SMILES string of the molecule is Cc1nc(S(N)(=O)=O)c2ccccn12. The molecule has 2 aromatic rings. The smallest absolute Gasteiger partial charge is 0.257 e. The van der Waals surface area contributed by atoms with Crippen molar-refractivity contribution in [2.75, 3.05) is 0 Å². The summed E-state index contributed by atoms with van der Waals surface area (Å²) in [5.41, 5.74) is 0.507. The third-order valence-electron chi connectivity index (χ3n) is 1.96. The van der Waals surface area contributed by atoms with Crippen LogP contribution in [0.5, 0.6) is 0 Å². The molecule has 0 atom stereocenters. The number of rotatable bonds is 1. The van der Waals surface area contributed by atoms with Gasteiger partial charge in [0.25, 0.3) is 10.0 Å². The first-order valence-electron chi connectivity index (χ1n) is 3.96. The maximum absolute atomic E-state index is 11.2. The summed E-state index contributed by atoms with van der Waals surface area (Å²) in [5, 5.41) is 4.96. The standard InChI is InChI=1S/C8H9N3O2S/c1-6-10-8(14(9,12)13)7-4-2-3-5-11(6)7/h2-5H,1H3,(H2,9,12,13). The van der Waals surface area contributed by atoms with Crippen molar-refractivity contribution in [1.82, 2.24) is 9.38 Å². The lowest BCUT2D eigenvalue weighted by molar-refractivity contribution is 0.595. The predicted octanol–water partition coefficient (Wildman–Crippen LogP) is 0.290. The van der Waals surface area contributed by atoms with Crippen molar-refractivity contribution in [3.05, 3.63) is 30.2 Å². The maximum atomic E-state index is 11.2. The van der Waals surface area contributed by atoms with Crippen LogP contribution in [0.1, 0.15) is 5.82 Å². The van der Waals surface area contributed by atoms with Crippen molar-refractivity contribution < 1.29 is 8.42 Å². The molecular formula is C8H9N3O2S. The van der Waals surface area contributed by atoms with Crippen LogP contribution in [0.3, 0.4) is 0 Å². The van der Waals surface area contributed by atoms with Gasteiger partial charge in [-0.2, -0.15) is 0 Å². The Bertz CT molecular complexity index is 586. The number of imidazole rings is 1. The molecule has 0 unspecified atom stereocenters. The van der Waals surface area contributed by atoms with E-state index in [0.29, 0.717) is 11.3 Å². The van der Waals surface area contributed by atoms with Crippen LogP contribution in [-0.4, -0.2) is 17.8 Å². The summed E-state index contributed by atoms with van der Waals surface area (Å²) in [6, 6.07) is 5.21. The van der Waals surface area contributed by atoms with Gasteiger partial charge in [0.05, 0.1) is 5.52 Å². The van der Waals surface area contributed by atoms with Crippen LogP contribution in [0, 0.1) is 6.92 Å². The minimum Gasteiger partial charge on any atom is -0.303 e. The second kappa shape index (κ2) is 2.79. The van der Waals surface area contributed by atoms with Gasteiger partial charge in [-0.3, -0.25) is 0 Å². The summed E-state index contributed by atoms with van der Waals surface area (Å²) in [6.07, 6.45) is 1.74. The van der Waals surface area contributed by atoms with Crippen molar-refractivity contribution >= 4 is 15.5 Å². The monoisotopic (exact) mass is 211 g/mol. The van der Waals surface area contributed by atoms with E-state index in [1.54, 1.807) is 35.7 Å². The third kappa shape index (κ3) is 1.28.